The monoisotopic (exact) mass is 370 g/mol. The number of thioether (sulfide) groups is 1. The fourth-order valence-corrected chi connectivity index (χ4v) is 3.61. The van der Waals surface area contributed by atoms with Crippen molar-refractivity contribution in [3.8, 4) is 11.1 Å². The number of amides is 1. The molecule has 0 atom stereocenters. The number of nitrogens with one attached hydrogen (secondary N) is 1. The summed E-state index contributed by atoms with van der Waals surface area (Å²) in [5.74, 6) is -0.114. The lowest BCUT2D eigenvalue weighted by Gasteiger charge is -2.03. The summed E-state index contributed by atoms with van der Waals surface area (Å²) in [6.45, 7) is 2.08. The molecule has 0 aliphatic carbocycles. The van der Waals surface area contributed by atoms with Gasteiger partial charge in [0.05, 0.1) is 10.6 Å². The van der Waals surface area contributed by atoms with E-state index in [4.69, 9.17) is 0 Å². The van der Waals surface area contributed by atoms with Crippen LogP contribution < -0.4 is 5.32 Å². The van der Waals surface area contributed by atoms with Crippen LogP contribution in [0.25, 0.3) is 17.2 Å². The molecule has 1 amide bonds. The number of carbonyl (C=O) groups excluding carboxylic acids is 1. The fourth-order valence-electron chi connectivity index (χ4n) is 2.77. The molecule has 1 N–H and O–H groups in total. The molecule has 1 fully saturated rings. The molecular weight excluding hydrogens is 352 g/mol. The number of aliphatic imine (C=N–C) groups is 1. The van der Waals surface area contributed by atoms with Gasteiger partial charge < -0.3 is 5.32 Å². The van der Waals surface area contributed by atoms with Gasteiger partial charge in [-0.3, -0.25) is 4.79 Å². The predicted molar refractivity (Wildman–Crippen MR) is 114 cm³/mol. The Bertz CT molecular complexity index is 1020. The number of amidine groups is 1. The van der Waals surface area contributed by atoms with E-state index in [0.29, 0.717) is 10.1 Å². The van der Waals surface area contributed by atoms with Crippen LogP contribution in [0, 0.1) is 6.92 Å². The molecule has 0 spiro atoms. The number of para-hydroxylation sites is 1. The first kappa shape index (κ1) is 17.3. The topological polar surface area (TPSA) is 41.5 Å². The molecule has 1 aliphatic heterocycles. The van der Waals surface area contributed by atoms with Crippen LogP contribution in [0.3, 0.4) is 0 Å². The van der Waals surface area contributed by atoms with E-state index in [-0.39, 0.29) is 5.91 Å². The Morgan fingerprint density at radius 1 is 0.852 bits per heavy atom. The summed E-state index contributed by atoms with van der Waals surface area (Å²) in [7, 11) is 0. The van der Waals surface area contributed by atoms with Crippen LogP contribution in [0.5, 0.6) is 0 Å². The summed E-state index contributed by atoms with van der Waals surface area (Å²) in [4.78, 5) is 17.3. The Balaban J connectivity index is 1.52. The molecule has 0 unspecified atom stereocenters. The van der Waals surface area contributed by atoms with Gasteiger partial charge in [-0.1, -0.05) is 72.3 Å². The van der Waals surface area contributed by atoms with Crippen LogP contribution in [0.1, 0.15) is 11.1 Å². The standard InChI is InChI=1S/C23H18N2OS/c1-16-7-11-18(12-8-16)19-13-9-17(10-14-19)15-21-22(26)25-23(27-21)24-20-5-3-2-4-6-20/h2-15H,1H3,(H,24,25,26)/b21-15+. The summed E-state index contributed by atoms with van der Waals surface area (Å²) < 4.78 is 0. The van der Waals surface area contributed by atoms with Gasteiger partial charge >= 0.3 is 0 Å². The minimum absolute atomic E-state index is 0.114. The third-order valence-corrected chi connectivity index (χ3v) is 5.14. The van der Waals surface area contributed by atoms with Crippen molar-refractivity contribution >= 4 is 34.6 Å². The number of carbonyl (C=O) groups is 1. The molecule has 3 aromatic carbocycles. The first-order chi connectivity index (χ1) is 13.2. The second-order valence-corrected chi connectivity index (χ2v) is 7.34. The lowest BCUT2D eigenvalue weighted by molar-refractivity contribution is -0.115. The third-order valence-electron chi connectivity index (χ3n) is 4.23. The van der Waals surface area contributed by atoms with E-state index in [1.807, 2.05) is 48.5 Å². The molecule has 1 aliphatic rings. The zero-order chi connectivity index (χ0) is 18.6. The van der Waals surface area contributed by atoms with E-state index < -0.39 is 0 Å². The highest BCUT2D eigenvalue weighted by Gasteiger charge is 2.23. The summed E-state index contributed by atoms with van der Waals surface area (Å²) in [5.41, 5.74) is 5.41. The van der Waals surface area contributed by atoms with Crippen molar-refractivity contribution in [3.63, 3.8) is 0 Å². The molecule has 0 saturated carbocycles. The number of hydrogen-bond donors (Lipinski definition) is 1. The fraction of sp³-hybridized carbons (Fsp3) is 0.0435. The second-order valence-electron chi connectivity index (χ2n) is 6.31. The summed E-state index contributed by atoms with van der Waals surface area (Å²) in [5, 5.41) is 3.43. The van der Waals surface area contributed by atoms with Crippen LogP contribution in [-0.4, -0.2) is 11.1 Å². The second kappa shape index (κ2) is 7.64. The molecule has 3 nitrogen and oxygen atoms in total. The molecule has 3 aromatic rings. The van der Waals surface area contributed by atoms with Gasteiger partial charge in [0.2, 0.25) is 0 Å². The van der Waals surface area contributed by atoms with Crippen LogP contribution >= 0.6 is 11.8 Å². The van der Waals surface area contributed by atoms with Crippen LogP contribution in [0.4, 0.5) is 5.69 Å². The number of nitrogens with zero attached hydrogens (tertiary/aromatic N) is 1. The molecule has 4 heteroatoms. The highest BCUT2D eigenvalue weighted by Crippen LogP contribution is 2.28. The van der Waals surface area contributed by atoms with Crippen molar-refractivity contribution in [2.75, 3.05) is 0 Å². The van der Waals surface area contributed by atoms with E-state index >= 15 is 0 Å². The molecule has 0 bridgehead atoms. The zero-order valence-corrected chi connectivity index (χ0v) is 15.7. The average Bonchev–Trinajstić information content (AvgIpc) is 3.03. The minimum atomic E-state index is -0.114. The summed E-state index contributed by atoms with van der Waals surface area (Å²) in [6.07, 6.45) is 1.90. The Morgan fingerprint density at radius 2 is 1.48 bits per heavy atom. The highest BCUT2D eigenvalue weighted by molar-refractivity contribution is 8.18. The van der Waals surface area contributed by atoms with Crippen molar-refractivity contribution in [2.24, 2.45) is 4.99 Å². The van der Waals surface area contributed by atoms with E-state index in [0.717, 1.165) is 16.8 Å². The average molecular weight is 370 g/mol. The molecule has 0 radical (unpaired) electrons. The highest BCUT2D eigenvalue weighted by atomic mass is 32.2. The van der Waals surface area contributed by atoms with Gasteiger partial charge in [0.25, 0.3) is 5.91 Å². The van der Waals surface area contributed by atoms with Gasteiger partial charge in [-0.2, -0.15) is 0 Å². The lowest BCUT2D eigenvalue weighted by atomic mass is 10.0. The Kier molecular flexibility index (Phi) is 4.90. The Labute approximate surface area is 162 Å². The normalized spacial score (nSPS) is 16.7. The molecule has 0 aromatic heterocycles. The molecule has 27 heavy (non-hydrogen) atoms. The molecule has 1 heterocycles. The van der Waals surface area contributed by atoms with Crippen molar-refractivity contribution in [2.45, 2.75) is 6.92 Å². The van der Waals surface area contributed by atoms with Gasteiger partial charge in [0.1, 0.15) is 0 Å². The van der Waals surface area contributed by atoms with Crippen LogP contribution in [0.15, 0.2) is 88.8 Å². The zero-order valence-electron chi connectivity index (χ0n) is 14.8. The number of rotatable bonds is 3. The molecule has 1 saturated heterocycles. The maximum atomic E-state index is 12.2. The third kappa shape index (κ3) is 4.18. The quantitative estimate of drug-likeness (QED) is 0.614. The van der Waals surface area contributed by atoms with E-state index in [9.17, 15) is 4.79 Å². The smallest absolute Gasteiger partial charge is 0.264 e. The Morgan fingerprint density at radius 3 is 2.15 bits per heavy atom. The van der Waals surface area contributed by atoms with Crippen molar-refractivity contribution in [1.29, 1.82) is 0 Å². The predicted octanol–water partition coefficient (Wildman–Crippen LogP) is 5.55. The molecule has 132 valence electrons. The van der Waals surface area contributed by atoms with E-state index in [1.54, 1.807) is 0 Å². The van der Waals surface area contributed by atoms with Crippen LogP contribution in [0.2, 0.25) is 0 Å². The van der Waals surface area contributed by atoms with Crippen LogP contribution in [-0.2, 0) is 4.79 Å². The number of benzene rings is 3. The minimum Gasteiger partial charge on any atom is -0.300 e. The largest absolute Gasteiger partial charge is 0.300 e. The number of aryl methyl sites for hydroxylation is 1. The van der Waals surface area contributed by atoms with E-state index in [1.165, 1.54) is 22.9 Å². The lowest BCUT2D eigenvalue weighted by Crippen LogP contribution is -2.19. The number of hydrogen-bond acceptors (Lipinski definition) is 3. The Hall–Kier alpha value is -3.11. The maximum absolute atomic E-state index is 12.2. The van der Waals surface area contributed by atoms with E-state index in [2.05, 4.69) is 53.6 Å². The van der Waals surface area contributed by atoms with Gasteiger partial charge in [0.15, 0.2) is 5.17 Å². The molecular formula is C23H18N2OS. The first-order valence-electron chi connectivity index (χ1n) is 8.69. The first-order valence-corrected chi connectivity index (χ1v) is 9.51. The van der Waals surface area contributed by atoms with Gasteiger partial charge in [-0.05, 0) is 53.6 Å². The SMILES string of the molecule is Cc1ccc(-c2ccc(/C=C3/SC(=Nc4ccccc4)NC3=O)cc2)cc1. The van der Waals surface area contributed by atoms with Gasteiger partial charge in [-0.15, -0.1) is 0 Å². The van der Waals surface area contributed by atoms with Crippen molar-refractivity contribution in [3.05, 3.63) is 94.9 Å². The summed E-state index contributed by atoms with van der Waals surface area (Å²) >= 11 is 1.36. The van der Waals surface area contributed by atoms with Crippen molar-refractivity contribution in [1.82, 2.24) is 5.32 Å². The maximum Gasteiger partial charge on any atom is 0.264 e. The molecule has 4 rings (SSSR count). The summed E-state index contributed by atoms with van der Waals surface area (Å²) in [6, 6.07) is 26.3. The van der Waals surface area contributed by atoms with Gasteiger partial charge in [0, 0.05) is 0 Å². The van der Waals surface area contributed by atoms with Crippen molar-refractivity contribution < 1.29 is 4.79 Å². The van der Waals surface area contributed by atoms with Gasteiger partial charge in [-0.25, -0.2) is 4.99 Å².